The van der Waals surface area contributed by atoms with E-state index in [1.807, 2.05) is 58.0 Å². The van der Waals surface area contributed by atoms with Crippen molar-refractivity contribution in [2.75, 3.05) is 6.61 Å². The van der Waals surface area contributed by atoms with E-state index in [1.165, 1.54) is 0 Å². The maximum Gasteiger partial charge on any atom is 0.195 e. The molecule has 28 heavy (non-hydrogen) atoms. The first-order chi connectivity index (χ1) is 13.3. The molecule has 0 saturated heterocycles. The minimum atomic E-state index is -0.909. The van der Waals surface area contributed by atoms with Crippen LogP contribution in [0.15, 0.2) is 78.6 Å². The minimum absolute atomic E-state index is 0.00845. The largest absolute Gasteiger partial charge is 0.495 e. The van der Waals surface area contributed by atoms with Crippen molar-refractivity contribution in [2.24, 2.45) is 0 Å². The van der Waals surface area contributed by atoms with Gasteiger partial charge in [-0.2, -0.15) is 0 Å². The summed E-state index contributed by atoms with van der Waals surface area (Å²) in [5.74, 6) is -0.226. The topological polar surface area (TPSA) is 44.8 Å². The third-order valence-electron chi connectivity index (χ3n) is 3.98. The number of allylic oxidation sites excluding steroid dienone is 4. The van der Waals surface area contributed by atoms with Crippen LogP contribution in [0.2, 0.25) is 0 Å². The summed E-state index contributed by atoms with van der Waals surface area (Å²) in [4.78, 5) is 12.4. The lowest BCUT2D eigenvalue weighted by Gasteiger charge is -2.36. The Labute approximate surface area is 168 Å². The lowest BCUT2D eigenvalue weighted by atomic mass is 9.98. The molecule has 0 radical (unpaired) electrons. The second-order valence-electron chi connectivity index (χ2n) is 7.20. The lowest BCUT2D eigenvalue weighted by molar-refractivity contribution is -0.220. The number of ketones is 1. The summed E-state index contributed by atoms with van der Waals surface area (Å²) in [5, 5.41) is 0. The predicted octanol–water partition coefficient (Wildman–Crippen LogP) is 5.39. The number of benzene rings is 1. The van der Waals surface area contributed by atoms with E-state index in [-0.39, 0.29) is 18.0 Å². The third-order valence-corrected chi connectivity index (χ3v) is 3.98. The van der Waals surface area contributed by atoms with Crippen molar-refractivity contribution in [3.8, 4) is 0 Å². The maximum absolute atomic E-state index is 12.4. The van der Waals surface area contributed by atoms with Gasteiger partial charge in [0.1, 0.15) is 5.76 Å². The number of carbonyl (C=O) groups is 1. The van der Waals surface area contributed by atoms with E-state index in [9.17, 15) is 4.79 Å². The van der Waals surface area contributed by atoms with E-state index < -0.39 is 5.79 Å². The molecule has 0 aromatic heterocycles. The van der Waals surface area contributed by atoms with Crippen LogP contribution in [0.5, 0.6) is 0 Å². The molecule has 1 atom stereocenters. The van der Waals surface area contributed by atoms with Crippen molar-refractivity contribution in [3.63, 3.8) is 0 Å². The normalized spacial score (nSPS) is 19.6. The van der Waals surface area contributed by atoms with Crippen LogP contribution in [0.1, 0.15) is 44.5 Å². The average molecular weight is 383 g/mol. The Kier molecular flexibility index (Phi) is 7.97. The van der Waals surface area contributed by atoms with E-state index in [0.29, 0.717) is 18.6 Å². The summed E-state index contributed by atoms with van der Waals surface area (Å²) in [5.41, 5.74) is 1.49. The van der Waals surface area contributed by atoms with Crippen LogP contribution in [0, 0.1) is 0 Å². The molecule has 1 aromatic carbocycles. The molecular weight excluding hydrogens is 352 g/mol. The average Bonchev–Trinajstić information content (AvgIpc) is 2.65. The molecule has 4 heteroatoms. The van der Waals surface area contributed by atoms with E-state index in [4.69, 9.17) is 14.2 Å². The van der Waals surface area contributed by atoms with Gasteiger partial charge in [-0.05, 0) is 45.9 Å². The lowest BCUT2D eigenvalue weighted by Crippen LogP contribution is -2.39. The molecule has 0 saturated carbocycles. The molecule has 2 rings (SSSR count). The Hall–Kier alpha value is -2.43. The Morgan fingerprint density at radius 2 is 1.89 bits per heavy atom. The molecule has 0 heterocycles. The van der Waals surface area contributed by atoms with Crippen LogP contribution in [-0.4, -0.2) is 30.4 Å². The molecule has 1 aliphatic rings. The Bertz CT molecular complexity index is 756. The Morgan fingerprint density at radius 3 is 2.50 bits per heavy atom. The van der Waals surface area contributed by atoms with E-state index in [0.717, 1.165) is 11.3 Å². The molecule has 0 bridgehead atoms. The summed E-state index contributed by atoms with van der Waals surface area (Å²) in [7, 11) is 0. The van der Waals surface area contributed by atoms with Crippen LogP contribution >= 0.6 is 0 Å². The molecule has 0 amide bonds. The first-order valence-electron chi connectivity index (χ1n) is 9.64. The fourth-order valence-electron chi connectivity index (χ4n) is 2.91. The summed E-state index contributed by atoms with van der Waals surface area (Å²) in [6, 6.07) is 9.19. The Morgan fingerprint density at radius 1 is 1.18 bits per heavy atom. The fraction of sp³-hybridized carbons (Fsp3) is 0.375. The van der Waals surface area contributed by atoms with Crippen LogP contribution in [-0.2, 0) is 14.2 Å². The highest BCUT2D eigenvalue weighted by molar-refractivity contribution is 6.04. The van der Waals surface area contributed by atoms with Gasteiger partial charge in [0, 0.05) is 11.1 Å². The van der Waals surface area contributed by atoms with Gasteiger partial charge < -0.3 is 14.2 Å². The van der Waals surface area contributed by atoms with Crippen molar-refractivity contribution < 1.29 is 19.0 Å². The van der Waals surface area contributed by atoms with E-state index in [2.05, 4.69) is 6.58 Å². The molecule has 150 valence electrons. The zero-order valence-electron chi connectivity index (χ0n) is 17.2. The highest BCUT2D eigenvalue weighted by atomic mass is 16.7. The van der Waals surface area contributed by atoms with E-state index >= 15 is 0 Å². The highest BCUT2D eigenvalue weighted by Crippen LogP contribution is 2.34. The second kappa shape index (κ2) is 10.2. The summed E-state index contributed by atoms with van der Waals surface area (Å²) in [6.45, 7) is 12.0. The smallest absolute Gasteiger partial charge is 0.195 e. The molecular formula is C24H30O4. The molecule has 0 spiro atoms. The number of hydrogen-bond acceptors (Lipinski definition) is 4. The van der Waals surface area contributed by atoms with E-state index in [1.54, 1.807) is 30.4 Å². The van der Waals surface area contributed by atoms with Crippen LogP contribution in [0.3, 0.4) is 0 Å². The number of hydrogen-bond donors (Lipinski definition) is 0. The number of ether oxygens (including phenoxy) is 3. The summed E-state index contributed by atoms with van der Waals surface area (Å²) in [6.07, 6.45) is 9.22. The van der Waals surface area contributed by atoms with Crippen molar-refractivity contribution in [1.82, 2.24) is 0 Å². The van der Waals surface area contributed by atoms with Crippen molar-refractivity contribution in [1.29, 1.82) is 0 Å². The molecule has 0 fully saturated rings. The minimum Gasteiger partial charge on any atom is -0.495 e. The highest BCUT2D eigenvalue weighted by Gasteiger charge is 2.35. The fourth-order valence-corrected chi connectivity index (χ4v) is 2.91. The van der Waals surface area contributed by atoms with Gasteiger partial charge in [0.2, 0.25) is 0 Å². The number of carbonyl (C=O) groups excluding carboxylic acids is 1. The van der Waals surface area contributed by atoms with Crippen LogP contribution in [0.4, 0.5) is 0 Å². The van der Waals surface area contributed by atoms with Crippen LogP contribution < -0.4 is 0 Å². The summed E-state index contributed by atoms with van der Waals surface area (Å²) < 4.78 is 18.1. The van der Waals surface area contributed by atoms with Gasteiger partial charge in [-0.15, -0.1) is 6.58 Å². The second-order valence-corrected chi connectivity index (χ2v) is 7.20. The molecule has 0 aliphatic heterocycles. The van der Waals surface area contributed by atoms with Gasteiger partial charge >= 0.3 is 0 Å². The quantitative estimate of drug-likeness (QED) is 0.236. The van der Waals surface area contributed by atoms with Gasteiger partial charge in [-0.3, -0.25) is 4.79 Å². The predicted molar refractivity (Wildman–Crippen MR) is 112 cm³/mol. The van der Waals surface area contributed by atoms with Gasteiger partial charge in [0.25, 0.3) is 0 Å². The monoisotopic (exact) mass is 382 g/mol. The van der Waals surface area contributed by atoms with Gasteiger partial charge in [0.15, 0.2) is 11.6 Å². The molecule has 1 aromatic rings. The standard InChI is InChI=1S/C24H30O4/c1-6-16-26-24(28-19(4)5)15-14-21(23(17-24)27-18(2)3)12-13-22(25)20-10-8-7-9-11-20/h6-15,18-19H,1,16-17H2,2-5H3. The zero-order chi connectivity index (χ0) is 20.6. The Balaban J connectivity index is 2.28. The summed E-state index contributed by atoms with van der Waals surface area (Å²) >= 11 is 0. The van der Waals surface area contributed by atoms with Gasteiger partial charge in [0.05, 0.1) is 25.2 Å². The van der Waals surface area contributed by atoms with Gasteiger partial charge in [-0.1, -0.05) is 42.5 Å². The van der Waals surface area contributed by atoms with Crippen molar-refractivity contribution in [2.45, 2.75) is 52.1 Å². The first-order valence-corrected chi connectivity index (χ1v) is 9.64. The van der Waals surface area contributed by atoms with Gasteiger partial charge in [-0.25, -0.2) is 0 Å². The van der Waals surface area contributed by atoms with Crippen molar-refractivity contribution in [3.05, 3.63) is 84.2 Å². The van der Waals surface area contributed by atoms with Crippen molar-refractivity contribution >= 4 is 5.78 Å². The molecule has 4 nitrogen and oxygen atoms in total. The maximum atomic E-state index is 12.4. The zero-order valence-corrected chi connectivity index (χ0v) is 17.2. The SMILES string of the molecule is C=CCOC1(OC(C)C)C=CC(C=CC(=O)c2ccccc2)=C(OC(C)C)C1. The first kappa shape index (κ1) is 21.9. The molecule has 1 unspecified atom stereocenters. The van der Waals surface area contributed by atoms with Crippen LogP contribution in [0.25, 0.3) is 0 Å². The third kappa shape index (κ3) is 6.32. The molecule has 0 N–H and O–H groups in total. The molecule has 1 aliphatic carbocycles. The number of rotatable bonds is 10.